The van der Waals surface area contributed by atoms with E-state index in [4.69, 9.17) is 4.74 Å². The number of rotatable bonds is 6. The zero-order valence-electron chi connectivity index (χ0n) is 17.9. The molecule has 162 valence electrons. The van der Waals surface area contributed by atoms with Gasteiger partial charge in [0, 0.05) is 19.2 Å². The van der Waals surface area contributed by atoms with Gasteiger partial charge >= 0.3 is 11.1 Å². The summed E-state index contributed by atoms with van der Waals surface area (Å²) in [6.07, 6.45) is 0. The number of amides is 1. The second kappa shape index (κ2) is 8.93. The Morgan fingerprint density at radius 3 is 2.31 bits per heavy atom. The first-order chi connectivity index (χ1) is 15.5. The molecule has 0 aliphatic carbocycles. The van der Waals surface area contributed by atoms with Gasteiger partial charge in [-0.3, -0.25) is 19.0 Å². The third kappa shape index (κ3) is 4.18. The zero-order chi connectivity index (χ0) is 22.7. The zero-order valence-corrected chi connectivity index (χ0v) is 17.9. The molecule has 4 aromatic rings. The molecule has 0 aliphatic heterocycles. The highest BCUT2D eigenvalue weighted by molar-refractivity contribution is 5.94. The lowest BCUT2D eigenvalue weighted by molar-refractivity contribution is 0.0951. The molecule has 4 rings (SSSR count). The third-order valence-electron chi connectivity index (χ3n) is 5.41. The van der Waals surface area contributed by atoms with E-state index in [1.807, 2.05) is 48.5 Å². The fourth-order valence-corrected chi connectivity index (χ4v) is 3.62. The number of benzene rings is 3. The molecule has 7 heteroatoms. The summed E-state index contributed by atoms with van der Waals surface area (Å²) in [7, 11) is 3.19. The van der Waals surface area contributed by atoms with E-state index in [0.717, 1.165) is 16.9 Å². The average Bonchev–Trinajstić information content (AvgIpc) is 2.84. The maximum Gasteiger partial charge on any atom is 0.317 e. The molecule has 1 amide bonds. The summed E-state index contributed by atoms with van der Waals surface area (Å²) in [5, 5.41) is 2.89. The van der Waals surface area contributed by atoms with Crippen LogP contribution >= 0.6 is 0 Å². The lowest BCUT2D eigenvalue weighted by Gasteiger charge is -2.13. The number of nitrogens with one attached hydrogen (secondary N) is 1. The number of aromatic nitrogens is 2. The monoisotopic (exact) mass is 429 g/mol. The summed E-state index contributed by atoms with van der Waals surface area (Å²) >= 11 is 0. The van der Waals surface area contributed by atoms with Crippen molar-refractivity contribution >= 4 is 16.9 Å². The van der Waals surface area contributed by atoms with Gasteiger partial charge in [0.05, 0.1) is 24.7 Å². The fourth-order valence-electron chi connectivity index (χ4n) is 3.62. The van der Waals surface area contributed by atoms with Crippen molar-refractivity contribution in [2.24, 2.45) is 7.05 Å². The van der Waals surface area contributed by atoms with Crippen LogP contribution in [0.5, 0.6) is 5.75 Å². The minimum Gasteiger partial charge on any atom is -0.497 e. The summed E-state index contributed by atoms with van der Waals surface area (Å²) in [6.45, 7) is 0.619. The quantitative estimate of drug-likeness (QED) is 0.478. The molecule has 0 saturated heterocycles. The molecule has 0 atom stereocenters. The summed E-state index contributed by atoms with van der Waals surface area (Å²) in [5.74, 6) is 0.537. The Labute approximate surface area is 184 Å². The highest BCUT2D eigenvalue weighted by Gasteiger charge is 2.12. The second-order valence-electron chi connectivity index (χ2n) is 7.48. The molecule has 0 spiro atoms. The Morgan fingerprint density at radius 1 is 0.875 bits per heavy atom. The number of ether oxygens (including phenoxy) is 1. The van der Waals surface area contributed by atoms with Crippen LogP contribution in [0.15, 0.2) is 82.4 Å². The lowest BCUT2D eigenvalue weighted by Crippen LogP contribution is -2.40. The van der Waals surface area contributed by atoms with Gasteiger partial charge in [0.1, 0.15) is 5.75 Å². The van der Waals surface area contributed by atoms with E-state index in [9.17, 15) is 14.4 Å². The Kier molecular flexibility index (Phi) is 5.89. The molecule has 0 bridgehead atoms. The van der Waals surface area contributed by atoms with E-state index in [1.165, 1.54) is 9.13 Å². The highest BCUT2D eigenvalue weighted by Crippen LogP contribution is 2.14. The van der Waals surface area contributed by atoms with Crippen LogP contribution in [0, 0.1) is 0 Å². The molecule has 1 aromatic heterocycles. The molecule has 0 radical (unpaired) electrons. The Balaban J connectivity index is 1.52. The first-order valence-corrected chi connectivity index (χ1v) is 10.2. The van der Waals surface area contributed by atoms with E-state index in [1.54, 1.807) is 38.4 Å². The maximum absolute atomic E-state index is 12.6. The van der Waals surface area contributed by atoms with E-state index in [0.29, 0.717) is 23.1 Å². The SMILES string of the molecule is COc1cccc(CNC(=O)c2ccc(Cn3c(=O)c(=O)n(C)c4ccccc43)cc2)c1. The molecular formula is C25H23N3O4. The number of carbonyl (C=O) groups is 1. The van der Waals surface area contributed by atoms with Crippen molar-refractivity contribution in [3.05, 3.63) is 110 Å². The van der Waals surface area contributed by atoms with Crippen LogP contribution in [-0.2, 0) is 20.1 Å². The highest BCUT2D eigenvalue weighted by atomic mass is 16.5. The van der Waals surface area contributed by atoms with Crippen molar-refractivity contribution in [1.82, 2.24) is 14.5 Å². The molecule has 32 heavy (non-hydrogen) atoms. The van der Waals surface area contributed by atoms with Crippen molar-refractivity contribution < 1.29 is 9.53 Å². The molecular weight excluding hydrogens is 406 g/mol. The van der Waals surface area contributed by atoms with Gasteiger partial charge in [-0.05, 0) is 47.5 Å². The van der Waals surface area contributed by atoms with Crippen molar-refractivity contribution in [2.45, 2.75) is 13.1 Å². The van der Waals surface area contributed by atoms with Crippen LogP contribution in [0.25, 0.3) is 11.0 Å². The predicted molar refractivity (Wildman–Crippen MR) is 123 cm³/mol. The minimum absolute atomic E-state index is 0.199. The van der Waals surface area contributed by atoms with Crippen LogP contribution < -0.4 is 21.2 Å². The van der Waals surface area contributed by atoms with E-state index in [-0.39, 0.29) is 12.5 Å². The van der Waals surface area contributed by atoms with E-state index < -0.39 is 11.1 Å². The number of carbonyl (C=O) groups excluding carboxylic acids is 1. The number of methoxy groups -OCH3 is 1. The largest absolute Gasteiger partial charge is 0.497 e. The second-order valence-corrected chi connectivity index (χ2v) is 7.48. The first kappa shape index (κ1) is 21.1. The average molecular weight is 429 g/mol. The smallest absolute Gasteiger partial charge is 0.317 e. The number of hydrogen-bond acceptors (Lipinski definition) is 4. The van der Waals surface area contributed by atoms with Gasteiger partial charge in [0.25, 0.3) is 5.91 Å². The molecule has 1 heterocycles. The van der Waals surface area contributed by atoms with Crippen molar-refractivity contribution in [3.63, 3.8) is 0 Å². The van der Waals surface area contributed by atoms with Gasteiger partial charge in [-0.1, -0.05) is 36.4 Å². The summed E-state index contributed by atoms with van der Waals surface area (Å²) < 4.78 is 8.03. The number of para-hydroxylation sites is 2. The molecule has 0 fully saturated rings. The van der Waals surface area contributed by atoms with Gasteiger partial charge in [0.2, 0.25) is 0 Å². The number of nitrogens with zero attached hydrogens (tertiary/aromatic N) is 2. The van der Waals surface area contributed by atoms with Crippen molar-refractivity contribution in [2.75, 3.05) is 7.11 Å². The Morgan fingerprint density at radius 2 is 1.59 bits per heavy atom. The summed E-state index contributed by atoms with van der Waals surface area (Å²) in [4.78, 5) is 37.5. The van der Waals surface area contributed by atoms with Crippen LogP contribution in [0.4, 0.5) is 0 Å². The molecule has 1 N–H and O–H groups in total. The van der Waals surface area contributed by atoms with Crippen molar-refractivity contribution in [3.8, 4) is 5.75 Å². The molecule has 0 aliphatic rings. The first-order valence-electron chi connectivity index (χ1n) is 10.2. The molecule has 3 aromatic carbocycles. The minimum atomic E-state index is -0.577. The van der Waals surface area contributed by atoms with Gasteiger partial charge in [-0.15, -0.1) is 0 Å². The summed E-state index contributed by atoms with van der Waals surface area (Å²) in [5.41, 5.74) is 2.48. The topological polar surface area (TPSA) is 82.3 Å². The van der Waals surface area contributed by atoms with Crippen LogP contribution in [0.3, 0.4) is 0 Å². The number of fused-ring (bicyclic) bond motifs is 1. The van der Waals surface area contributed by atoms with E-state index >= 15 is 0 Å². The normalized spacial score (nSPS) is 10.8. The maximum atomic E-state index is 12.6. The predicted octanol–water partition coefficient (Wildman–Crippen LogP) is 2.69. The molecule has 0 saturated carbocycles. The third-order valence-corrected chi connectivity index (χ3v) is 5.41. The van der Waals surface area contributed by atoms with Gasteiger partial charge < -0.3 is 14.6 Å². The lowest BCUT2D eigenvalue weighted by atomic mass is 10.1. The molecule has 0 unspecified atom stereocenters. The van der Waals surface area contributed by atoms with Crippen molar-refractivity contribution in [1.29, 1.82) is 0 Å². The fraction of sp³-hybridized carbons (Fsp3) is 0.160. The molecule has 7 nitrogen and oxygen atoms in total. The standard InChI is InChI=1S/C25H23N3O4/c1-27-21-8-3-4-9-22(21)28(25(31)24(27)30)16-17-10-12-19(13-11-17)23(29)26-15-18-6-5-7-20(14-18)32-2/h3-14H,15-16H2,1-2H3,(H,26,29). The number of hydrogen-bond donors (Lipinski definition) is 1. The van der Waals surface area contributed by atoms with Gasteiger partial charge in [-0.2, -0.15) is 0 Å². The Hall–Kier alpha value is -4.13. The van der Waals surface area contributed by atoms with Gasteiger partial charge in [-0.25, -0.2) is 0 Å². The number of aryl methyl sites for hydroxylation is 1. The van der Waals surface area contributed by atoms with Gasteiger partial charge in [0.15, 0.2) is 0 Å². The van der Waals surface area contributed by atoms with Crippen LogP contribution in [0.1, 0.15) is 21.5 Å². The van der Waals surface area contributed by atoms with E-state index in [2.05, 4.69) is 5.32 Å². The summed E-state index contributed by atoms with van der Waals surface area (Å²) in [6, 6.07) is 21.8. The Bertz CT molecular complexity index is 1400. The van der Waals surface area contributed by atoms with Crippen LogP contribution in [0.2, 0.25) is 0 Å². The van der Waals surface area contributed by atoms with Crippen LogP contribution in [-0.4, -0.2) is 22.2 Å².